The fourth-order valence-electron chi connectivity index (χ4n) is 7.66. The summed E-state index contributed by atoms with van der Waals surface area (Å²) in [6, 6.07) is -0.866. The topological polar surface area (TPSA) is 105 Å². The average Bonchev–Trinajstić information content (AvgIpc) is 3.23. The smallest absolute Gasteiger partial charge is 0.387 e. The zero-order valence-electron chi connectivity index (χ0n) is 41.6. The summed E-state index contributed by atoms with van der Waals surface area (Å²) in [5.41, 5.74) is 0. The first kappa shape index (κ1) is 60.7. The molecule has 3 atom stereocenters. The normalized spacial score (nSPS) is 14.4. The minimum Gasteiger partial charge on any atom is -0.387 e. The first-order chi connectivity index (χ1) is 30.0. The van der Waals surface area contributed by atoms with Crippen molar-refractivity contribution in [1.82, 2.24) is 5.32 Å². The molecule has 0 heterocycles. The molecule has 0 saturated carbocycles. The van der Waals surface area contributed by atoms with Crippen molar-refractivity contribution in [1.29, 1.82) is 0 Å². The molecule has 0 spiro atoms. The molecule has 0 bridgehead atoms. The number of nitrogens with one attached hydrogen (secondary N) is 1. The van der Waals surface area contributed by atoms with Crippen LogP contribution < -0.4 is 5.32 Å². The van der Waals surface area contributed by atoms with Gasteiger partial charge in [0.05, 0.1) is 39.9 Å². The number of allylic oxidation sites excluding steroid dienone is 5. The molecule has 0 saturated heterocycles. The minimum absolute atomic E-state index is 0.0547. The van der Waals surface area contributed by atoms with Crippen molar-refractivity contribution in [3.63, 3.8) is 0 Å². The Bertz CT molecular complexity index is 1110. The third kappa shape index (κ3) is 46.7. The zero-order valence-corrected chi connectivity index (χ0v) is 42.5. The Balaban J connectivity index is 4.24. The molecule has 0 aliphatic heterocycles. The average molecular weight is 896 g/mol. The summed E-state index contributed by atoms with van der Waals surface area (Å²) in [7, 11) is 1.55. The molecule has 0 aromatic carbocycles. The van der Waals surface area contributed by atoms with Crippen LogP contribution in [0.5, 0.6) is 0 Å². The highest BCUT2D eigenvalue weighted by atomic mass is 31.2. The van der Waals surface area contributed by atoms with E-state index in [0.29, 0.717) is 17.4 Å². The van der Waals surface area contributed by atoms with Crippen molar-refractivity contribution in [2.45, 2.75) is 257 Å². The predicted molar refractivity (Wildman–Crippen MR) is 268 cm³/mol. The van der Waals surface area contributed by atoms with Crippen LogP contribution in [0.25, 0.3) is 0 Å². The Morgan fingerprint density at radius 3 is 1.29 bits per heavy atom. The number of phosphoric acid groups is 1. The van der Waals surface area contributed by atoms with E-state index in [1.165, 1.54) is 180 Å². The van der Waals surface area contributed by atoms with Crippen LogP contribution in [0.15, 0.2) is 36.5 Å². The lowest BCUT2D eigenvalue weighted by molar-refractivity contribution is -0.870. The highest BCUT2D eigenvalue weighted by Gasteiger charge is 2.27. The van der Waals surface area contributed by atoms with Gasteiger partial charge in [-0.15, -0.1) is 0 Å². The summed E-state index contributed by atoms with van der Waals surface area (Å²) in [5, 5.41) is 13.8. The number of likely N-dealkylation sites (N-methyl/N-ethyl adjacent to an activating group) is 1. The maximum Gasteiger partial charge on any atom is 0.472 e. The summed E-state index contributed by atoms with van der Waals surface area (Å²) < 4.78 is 23.6. The maximum atomic E-state index is 12.9. The van der Waals surface area contributed by atoms with Gasteiger partial charge < -0.3 is 19.8 Å². The van der Waals surface area contributed by atoms with Crippen LogP contribution in [0, 0.1) is 0 Å². The number of phosphoric ester groups is 1. The predicted octanol–water partition coefficient (Wildman–Crippen LogP) is 15.4. The molecule has 0 aliphatic carbocycles. The van der Waals surface area contributed by atoms with Gasteiger partial charge in [-0.25, -0.2) is 4.57 Å². The molecule has 3 N–H and O–H groups in total. The van der Waals surface area contributed by atoms with Crippen LogP contribution in [0.1, 0.15) is 245 Å². The number of rotatable bonds is 48. The summed E-state index contributed by atoms with van der Waals surface area (Å²) in [6.45, 7) is 4.80. The van der Waals surface area contributed by atoms with E-state index < -0.39 is 20.0 Å². The van der Waals surface area contributed by atoms with Crippen molar-refractivity contribution >= 4 is 13.7 Å². The van der Waals surface area contributed by atoms with E-state index in [2.05, 4.69) is 43.5 Å². The van der Waals surface area contributed by atoms with E-state index in [0.717, 1.165) is 44.9 Å². The molecule has 62 heavy (non-hydrogen) atoms. The van der Waals surface area contributed by atoms with Gasteiger partial charge in [-0.1, -0.05) is 230 Å². The number of quaternary nitrogens is 1. The zero-order chi connectivity index (χ0) is 45.7. The number of nitrogens with zero attached hydrogens (tertiary/aromatic N) is 1. The minimum atomic E-state index is -4.35. The quantitative estimate of drug-likeness (QED) is 0.0243. The Morgan fingerprint density at radius 2 is 0.887 bits per heavy atom. The molecular weight excluding hydrogens is 792 g/mol. The number of unbranched alkanes of at least 4 members (excludes halogenated alkanes) is 31. The molecule has 0 aliphatic rings. The van der Waals surface area contributed by atoms with Gasteiger partial charge in [0.1, 0.15) is 13.2 Å². The molecule has 1 amide bonds. The first-order valence-electron chi connectivity index (χ1n) is 26.4. The molecule has 9 heteroatoms. The van der Waals surface area contributed by atoms with E-state index in [1.54, 1.807) is 6.08 Å². The van der Waals surface area contributed by atoms with E-state index >= 15 is 0 Å². The Kier molecular flexibility index (Phi) is 44.0. The van der Waals surface area contributed by atoms with Crippen molar-refractivity contribution < 1.29 is 32.9 Å². The number of aliphatic hydroxyl groups is 1. The summed E-state index contributed by atoms with van der Waals surface area (Å²) >= 11 is 0. The lowest BCUT2D eigenvalue weighted by Gasteiger charge is -2.25. The van der Waals surface area contributed by atoms with Gasteiger partial charge in [-0.2, -0.15) is 0 Å². The van der Waals surface area contributed by atoms with Gasteiger partial charge in [0.15, 0.2) is 0 Å². The van der Waals surface area contributed by atoms with E-state index in [4.69, 9.17) is 9.05 Å². The number of amides is 1. The molecule has 0 aromatic heterocycles. The second-order valence-electron chi connectivity index (χ2n) is 19.2. The Hall–Kier alpha value is -1.28. The lowest BCUT2D eigenvalue weighted by atomic mass is 10.0. The van der Waals surface area contributed by atoms with Crippen LogP contribution in [0.4, 0.5) is 0 Å². The number of hydrogen-bond donors (Lipinski definition) is 3. The number of carbonyl (C=O) groups excluding carboxylic acids is 1. The van der Waals surface area contributed by atoms with Crippen LogP contribution in [-0.2, 0) is 18.4 Å². The third-order valence-corrected chi connectivity index (χ3v) is 12.8. The van der Waals surface area contributed by atoms with Crippen molar-refractivity contribution in [3.05, 3.63) is 36.5 Å². The van der Waals surface area contributed by atoms with E-state index in [9.17, 15) is 19.4 Å². The number of aliphatic hydroxyl groups excluding tert-OH is 1. The molecule has 3 unspecified atom stereocenters. The van der Waals surface area contributed by atoms with E-state index in [-0.39, 0.29) is 19.1 Å². The van der Waals surface area contributed by atoms with Crippen LogP contribution in [0.3, 0.4) is 0 Å². The van der Waals surface area contributed by atoms with Gasteiger partial charge >= 0.3 is 7.82 Å². The molecule has 0 rings (SSSR count). The molecule has 0 radical (unpaired) electrons. The number of carbonyl (C=O) groups is 1. The lowest BCUT2D eigenvalue weighted by Crippen LogP contribution is -2.45. The molecule has 8 nitrogen and oxygen atoms in total. The maximum absolute atomic E-state index is 12.9. The molecule has 0 aromatic rings. The van der Waals surface area contributed by atoms with Crippen LogP contribution in [-0.4, -0.2) is 73.4 Å². The van der Waals surface area contributed by atoms with Crippen molar-refractivity contribution in [2.75, 3.05) is 40.9 Å². The van der Waals surface area contributed by atoms with Crippen molar-refractivity contribution in [3.8, 4) is 0 Å². The third-order valence-electron chi connectivity index (χ3n) is 11.8. The van der Waals surface area contributed by atoms with Gasteiger partial charge in [0.2, 0.25) is 5.91 Å². The van der Waals surface area contributed by atoms with Gasteiger partial charge in [-0.3, -0.25) is 13.8 Å². The van der Waals surface area contributed by atoms with Gasteiger partial charge in [-0.05, 0) is 44.9 Å². The standard InChI is InChI=1S/C53H103N2O6P/c1-6-8-10-12-14-16-18-20-21-22-23-24-25-26-27-28-29-30-31-32-33-34-35-36-38-40-42-44-46-52(56)51(50-61-62(58,59)60-49-48-55(3,4)5)54-53(57)47-45-43-41-39-37-19-17-15-13-11-9-7-2/h32-33,36,38,44,46,51-52,56H,6-31,34-35,37,39-43,45,47-50H2,1-5H3,(H-,54,57,58,59)/p+1/b33-32+,38-36+,46-44+. The summed E-state index contributed by atoms with van der Waals surface area (Å²) in [6.07, 6.45) is 56.8. The second kappa shape index (κ2) is 44.9. The second-order valence-corrected chi connectivity index (χ2v) is 20.7. The fraction of sp³-hybridized carbons (Fsp3) is 0.868. The molecular formula is C53H104N2O6P+. The van der Waals surface area contributed by atoms with Crippen molar-refractivity contribution in [2.24, 2.45) is 0 Å². The first-order valence-corrected chi connectivity index (χ1v) is 27.9. The Morgan fingerprint density at radius 1 is 0.532 bits per heavy atom. The summed E-state index contributed by atoms with van der Waals surface area (Å²) in [4.78, 5) is 23.1. The highest BCUT2D eigenvalue weighted by Crippen LogP contribution is 2.43. The van der Waals surface area contributed by atoms with Gasteiger partial charge in [0.25, 0.3) is 0 Å². The highest BCUT2D eigenvalue weighted by molar-refractivity contribution is 7.47. The Labute approximate surface area is 385 Å². The summed E-state index contributed by atoms with van der Waals surface area (Å²) in [5.74, 6) is -0.191. The largest absolute Gasteiger partial charge is 0.472 e. The van der Waals surface area contributed by atoms with Gasteiger partial charge in [0, 0.05) is 6.42 Å². The SMILES string of the molecule is CCCCCCCCCCCCCCCCCCCC/C=C/CC/C=C/CC/C=C/C(O)C(COP(=O)(O)OCC[N+](C)(C)C)NC(=O)CCCCCCCCCCCCCC. The monoisotopic (exact) mass is 896 g/mol. The van der Waals surface area contributed by atoms with Crippen LogP contribution >= 0.6 is 7.82 Å². The fourth-order valence-corrected chi connectivity index (χ4v) is 8.40. The molecule has 366 valence electrons. The number of hydrogen-bond acceptors (Lipinski definition) is 5. The van der Waals surface area contributed by atoms with E-state index in [1.807, 2.05) is 27.2 Å². The molecule has 0 fully saturated rings. The van der Waals surface area contributed by atoms with Crippen LogP contribution in [0.2, 0.25) is 0 Å².